The molecule has 2 aromatic heterocycles. The fourth-order valence-corrected chi connectivity index (χ4v) is 2.89. The predicted molar refractivity (Wildman–Crippen MR) is 80.7 cm³/mol. The van der Waals surface area contributed by atoms with Gasteiger partial charge in [-0.15, -0.1) is 11.3 Å². The van der Waals surface area contributed by atoms with Gasteiger partial charge in [-0.3, -0.25) is 0 Å². The molecule has 5 heteroatoms. The third-order valence-corrected chi connectivity index (χ3v) is 4.14. The molecule has 1 aromatic carbocycles. The molecule has 3 aromatic rings. The maximum Gasteiger partial charge on any atom is 0.268 e. The standard InChI is InChI=1S/C15H15N3OS/c1-9-3-5-11(6-4-9)8-13-17-15(19-18-13)14-10(2)7-12(16)20-14/h3-7H,8,16H2,1-2H3. The van der Waals surface area contributed by atoms with E-state index in [-0.39, 0.29) is 0 Å². The van der Waals surface area contributed by atoms with Crippen molar-refractivity contribution in [2.45, 2.75) is 20.3 Å². The number of hydrogen-bond donors (Lipinski definition) is 1. The van der Waals surface area contributed by atoms with Crippen LogP contribution in [0, 0.1) is 13.8 Å². The zero-order valence-electron chi connectivity index (χ0n) is 11.4. The molecule has 0 radical (unpaired) electrons. The van der Waals surface area contributed by atoms with Gasteiger partial charge in [0.25, 0.3) is 5.89 Å². The smallest absolute Gasteiger partial charge is 0.268 e. The van der Waals surface area contributed by atoms with Crippen LogP contribution in [0.3, 0.4) is 0 Å². The van der Waals surface area contributed by atoms with Gasteiger partial charge in [0.15, 0.2) is 5.82 Å². The molecule has 20 heavy (non-hydrogen) atoms. The summed E-state index contributed by atoms with van der Waals surface area (Å²) in [5, 5.41) is 4.80. The molecule has 2 heterocycles. The lowest BCUT2D eigenvalue weighted by Gasteiger charge is -1.97. The van der Waals surface area contributed by atoms with Gasteiger partial charge >= 0.3 is 0 Å². The summed E-state index contributed by atoms with van der Waals surface area (Å²) in [6, 6.07) is 10.3. The van der Waals surface area contributed by atoms with E-state index in [1.165, 1.54) is 22.5 Å². The van der Waals surface area contributed by atoms with Gasteiger partial charge in [0.2, 0.25) is 0 Å². The summed E-state index contributed by atoms with van der Waals surface area (Å²) >= 11 is 1.47. The SMILES string of the molecule is Cc1ccc(Cc2noc(-c3sc(N)cc3C)n2)cc1. The quantitative estimate of drug-likeness (QED) is 0.798. The van der Waals surface area contributed by atoms with Crippen molar-refractivity contribution >= 4 is 16.3 Å². The summed E-state index contributed by atoms with van der Waals surface area (Å²) in [7, 11) is 0. The lowest BCUT2D eigenvalue weighted by Crippen LogP contribution is -1.90. The van der Waals surface area contributed by atoms with Gasteiger partial charge in [-0.1, -0.05) is 35.0 Å². The van der Waals surface area contributed by atoms with E-state index in [0.29, 0.717) is 18.1 Å². The molecule has 0 fully saturated rings. The largest absolute Gasteiger partial charge is 0.391 e. The van der Waals surface area contributed by atoms with Crippen LogP contribution in [0.2, 0.25) is 0 Å². The number of nitrogens with zero attached hydrogens (tertiary/aromatic N) is 2. The summed E-state index contributed by atoms with van der Waals surface area (Å²) in [5.41, 5.74) is 9.27. The van der Waals surface area contributed by atoms with E-state index >= 15 is 0 Å². The van der Waals surface area contributed by atoms with E-state index in [9.17, 15) is 0 Å². The molecule has 0 saturated heterocycles. The van der Waals surface area contributed by atoms with Crippen molar-refractivity contribution in [1.29, 1.82) is 0 Å². The van der Waals surface area contributed by atoms with Gasteiger partial charge in [-0.2, -0.15) is 4.98 Å². The van der Waals surface area contributed by atoms with E-state index in [4.69, 9.17) is 10.3 Å². The van der Waals surface area contributed by atoms with Crippen LogP contribution in [-0.4, -0.2) is 10.1 Å². The summed E-state index contributed by atoms with van der Waals surface area (Å²) < 4.78 is 5.33. The van der Waals surface area contributed by atoms with Gasteiger partial charge in [0.1, 0.15) is 0 Å². The Morgan fingerprint density at radius 2 is 1.95 bits per heavy atom. The van der Waals surface area contributed by atoms with Crippen LogP contribution < -0.4 is 5.73 Å². The fourth-order valence-electron chi connectivity index (χ4n) is 2.03. The number of hydrogen-bond acceptors (Lipinski definition) is 5. The highest BCUT2D eigenvalue weighted by atomic mass is 32.1. The Morgan fingerprint density at radius 1 is 1.20 bits per heavy atom. The number of nitrogens with two attached hydrogens (primary N) is 1. The average Bonchev–Trinajstić information content (AvgIpc) is 2.99. The van der Waals surface area contributed by atoms with Crippen LogP contribution in [-0.2, 0) is 6.42 Å². The van der Waals surface area contributed by atoms with Crippen LogP contribution >= 0.6 is 11.3 Å². The molecule has 4 nitrogen and oxygen atoms in total. The van der Waals surface area contributed by atoms with Gasteiger partial charge in [0.05, 0.1) is 9.88 Å². The third-order valence-electron chi connectivity index (χ3n) is 3.08. The zero-order chi connectivity index (χ0) is 14.1. The second kappa shape index (κ2) is 5.09. The van der Waals surface area contributed by atoms with Crippen molar-refractivity contribution in [3.8, 4) is 10.8 Å². The summed E-state index contributed by atoms with van der Waals surface area (Å²) in [6.07, 6.45) is 0.670. The lowest BCUT2D eigenvalue weighted by atomic mass is 10.1. The van der Waals surface area contributed by atoms with Crippen LogP contribution in [0.25, 0.3) is 10.8 Å². The first-order chi connectivity index (χ1) is 9.61. The van der Waals surface area contributed by atoms with E-state index in [2.05, 4.69) is 41.3 Å². The van der Waals surface area contributed by atoms with E-state index in [1.807, 2.05) is 13.0 Å². The summed E-state index contributed by atoms with van der Waals surface area (Å²) in [6.45, 7) is 4.06. The van der Waals surface area contributed by atoms with Crippen molar-refractivity contribution in [2.24, 2.45) is 0 Å². The molecular formula is C15H15N3OS. The Kier molecular flexibility index (Phi) is 3.28. The molecule has 0 bridgehead atoms. The number of anilines is 1. The number of aromatic nitrogens is 2. The van der Waals surface area contributed by atoms with E-state index in [0.717, 1.165) is 15.4 Å². The maximum atomic E-state index is 5.79. The molecule has 0 unspecified atom stereocenters. The molecule has 0 aliphatic carbocycles. The maximum absolute atomic E-state index is 5.79. The highest BCUT2D eigenvalue weighted by Gasteiger charge is 2.14. The summed E-state index contributed by atoms with van der Waals surface area (Å²) in [5.74, 6) is 1.24. The highest BCUT2D eigenvalue weighted by molar-refractivity contribution is 7.19. The second-order valence-electron chi connectivity index (χ2n) is 4.84. The number of rotatable bonds is 3. The van der Waals surface area contributed by atoms with Gasteiger partial charge in [-0.05, 0) is 31.0 Å². The Balaban J connectivity index is 1.83. The first kappa shape index (κ1) is 12.9. The van der Waals surface area contributed by atoms with Crippen molar-refractivity contribution in [2.75, 3.05) is 5.73 Å². The van der Waals surface area contributed by atoms with Crippen LogP contribution in [0.5, 0.6) is 0 Å². The Bertz CT molecular complexity index is 728. The molecule has 0 saturated carbocycles. The number of thiophene rings is 1. The van der Waals surface area contributed by atoms with Crippen LogP contribution in [0.1, 0.15) is 22.5 Å². The van der Waals surface area contributed by atoms with E-state index < -0.39 is 0 Å². The first-order valence-electron chi connectivity index (χ1n) is 6.36. The first-order valence-corrected chi connectivity index (χ1v) is 7.18. The van der Waals surface area contributed by atoms with Crippen molar-refractivity contribution < 1.29 is 4.52 Å². The molecule has 0 spiro atoms. The fraction of sp³-hybridized carbons (Fsp3) is 0.200. The van der Waals surface area contributed by atoms with Crippen molar-refractivity contribution in [1.82, 2.24) is 10.1 Å². The second-order valence-corrected chi connectivity index (χ2v) is 5.92. The Hall–Kier alpha value is -2.14. The minimum Gasteiger partial charge on any atom is -0.391 e. The van der Waals surface area contributed by atoms with Crippen molar-refractivity contribution in [3.63, 3.8) is 0 Å². The number of aryl methyl sites for hydroxylation is 2. The molecular weight excluding hydrogens is 270 g/mol. The lowest BCUT2D eigenvalue weighted by molar-refractivity contribution is 0.424. The number of benzene rings is 1. The molecule has 0 amide bonds. The monoisotopic (exact) mass is 285 g/mol. The summed E-state index contributed by atoms with van der Waals surface area (Å²) in [4.78, 5) is 5.40. The zero-order valence-corrected chi connectivity index (χ0v) is 12.2. The average molecular weight is 285 g/mol. The molecule has 102 valence electrons. The Labute approximate surface area is 121 Å². The minimum atomic E-state index is 0.548. The van der Waals surface area contributed by atoms with Crippen LogP contribution in [0.4, 0.5) is 5.00 Å². The van der Waals surface area contributed by atoms with E-state index in [1.54, 1.807) is 0 Å². The molecule has 3 rings (SSSR count). The van der Waals surface area contributed by atoms with Gasteiger partial charge < -0.3 is 10.3 Å². The topological polar surface area (TPSA) is 64.9 Å². The minimum absolute atomic E-state index is 0.548. The van der Waals surface area contributed by atoms with Gasteiger partial charge in [0, 0.05) is 6.42 Å². The normalized spacial score (nSPS) is 10.9. The molecule has 2 N–H and O–H groups in total. The van der Waals surface area contributed by atoms with Crippen molar-refractivity contribution in [3.05, 3.63) is 52.8 Å². The predicted octanol–water partition coefficient (Wildman–Crippen LogP) is 3.59. The molecule has 0 aliphatic rings. The van der Waals surface area contributed by atoms with Crippen LogP contribution in [0.15, 0.2) is 34.9 Å². The highest BCUT2D eigenvalue weighted by Crippen LogP contribution is 2.32. The molecule has 0 aliphatic heterocycles. The Morgan fingerprint density at radius 3 is 2.60 bits per heavy atom. The van der Waals surface area contributed by atoms with Gasteiger partial charge in [-0.25, -0.2) is 0 Å². The molecule has 0 atom stereocenters. The number of nitrogen functional groups attached to an aromatic ring is 1. The third kappa shape index (κ3) is 2.58.